The van der Waals surface area contributed by atoms with Crippen LogP contribution in [0, 0.1) is 6.92 Å². The zero-order chi connectivity index (χ0) is 16.2. The smallest absolute Gasteiger partial charge is 0.134 e. The van der Waals surface area contributed by atoms with E-state index in [0.29, 0.717) is 6.04 Å². The van der Waals surface area contributed by atoms with Gasteiger partial charge in [-0.3, -0.25) is 0 Å². The van der Waals surface area contributed by atoms with Crippen molar-refractivity contribution in [3.63, 3.8) is 0 Å². The fraction of sp³-hybridized carbons (Fsp3) is 0.500. The van der Waals surface area contributed by atoms with Gasteiger partial charge in [-0.2, -0.15) is 0 Å². The SMILES string of the molecule is Cc1cc(NC2CCCN(c3cc(N(C)C)ncn3)C2)ncn1. The van der Waals surface area contributed by atoms with E-state index >= 15 is 0 Å². The van der Waals surface area contributed by atoms with E-state index in [9.17, 15) is 0 Å². The zero-order valence-electron chi connectivity index (χ0n) is 13.9. The number of hydrogen-bond donors (Lipinski definition) is 1. The highest BCUT2D eigenvalue weighted by Gasteiger charge is 2.21. The standard InChI is InChI=1S/C16H23N7/c1-12-7-14(18-10-17-12)21-13-5-4-6-23(9-13)16-8-15(22(2)3)19-11-20-16/h7-8,10-11,13H,4-6,9H2,1-3H3,(H,17,18,21). The third-order valence-corrected chi connectivity index (χ3v) is 4.00. The highest BCUT2D eigenvalue weighted by Crippen LogP contribution is 2.22. The summed E-state index contributed by atoms with van der Waals surface area (Å²) >= 11 is 0. The number of aromatic nitrogens is 4. The van der Waals surface area contributed by atoms with Crippen molar-refractivity contribution in [2.24, 2.45) is 0 Å². The molecule has 2 aromatic rings. The van der Waals surface area contributed by atoms with Crippen LogP contribution in [-0.2, 0) is 0 Å². The fourth-order valence-electron chi connectivity index (χ4n) is 2.80. The molecule has 1 aliphatic heterocycles. The van der Waals surface area contributed by atoms with Crippen molar-refractivity contribution in [2.75, 3.05) is 42.3 Å². The van der Waals surface area contributed by atoms with Gasteiger partial charge >= 0.3 is 0 Å². The Labute approximate surface area is 136 Å². The van der Waals surface area contributed by atoms with Crippen LogP contribution in [0.1, 0.15) is 18.5 Å². The molecule has 1 aliphatic rings. The second-order valence-corrected chi connectivity index (χ2v) is 6.10. The van der Waals surface area contributed by atoms with Crippen LogP contribution in [0.2, 0.25) is 0 Å². The van der Waals surface area contributed by atoms with Gasteiger partial charge in [0.2, 0.25) is 0 Å². The Balaban J connectivity index is 1.69. The van der Waals surface area contributed by atoms with E-state index in [2.05, 4.69) is 30.2 Å². The molecule has 0 amide bonds. The lowest BCUT2D eigenvalue weighted by atomic mass is 10.1. The molecule has 1 N–H and O–H groups in total. The Morgan fingerprint density at radius 3 is 2.74 bits per heavy atom. The van der Waals surface area contributed by atoms with Crippen molar-refractivity contribution in [3.8, 4) is 0 Å². The van der Waals surface area contributed by atoms with Gasteiger partial charge in [0.1, 0.15) is 30.1 Å². The van der Waals surface area contributed by atoms with Gasteiger partial charge in [-0.25, -0.2) is 19.9 Å². The molecule has 23 heavy (non-hydrogen) atoms. The molecule has 0 aromatic carbocycles. The molecule has 2 aromatic heterocycles. The van der Waals surface area contributed by atoms with E-state index < -0.39 is 0 Å². The molecule has 0 saturated carbocycles. The zero-order valence-corrected chi connectivity index (χ0v) is 13.9. The summed E-state index contributed by atoms with van der Waals surface area (Å²) in [7, 11) is 3.98. The van der Waals surface area contributed by atoms with Gasteiger partial charge in [-0.15, -0.1) is 0 Å². The number of hydrogen-bond acceptors (Lipinski definition) is 7. The van der Waals surface area contributed by atoms with E-state index in [4.69, 9.17) is 0 Å². The maximum Gasteiger partial charge on any atom is 0.134 e. The van der Waals surface area contributed by atoms with Gasteiger partial charge in [0, 0.05) is 51.1 Å². The minimum atomic E-state index is 0.357. The van der Waals surface area contributed by atoms with Gasteiger partial charge in [0.15, 0.2) is 0 Å². The molecule has 122 valence electrons. The van der Waals surface area contributed by atoms with Crippen LogP contribution in [0.25, 0.3) is 0 Å². The van der Waals surface area contributed by atoms with Crippen LogP contribution in [-0.4, -0.2) is 53.2 Å². The van der Waals surface area contributed by atoms with E-state index in [0.717, 1.165) is 49.1 Å². The lowest BCUT2D eigenvalue weighted by Gasteiger charge is -2.34. The largest absolute Gasteiger partial charge is 0.365 e. The highest BCUT2D eigenvalue weighted by molar-refractivity contribution is 5.50. The van der Waals surface area contributed by atoms with Crippen LogP contribution in [0.15, 0.2) is 24.8 Å². The first-order chi connectivity index (χ1) is 11.1. The summed E-state index contributed by atoms with van der Waals surface area (Å²) in [4.78, 5) is 21.5. The molecule has 0 spiro atoms. The lowest BCUT2D eigenvalue weighted by molar-refractivity contribution is 0.525. The number of anilines is 3. The van der Waals surface area contributed by atoms with Gasteiger partial charge in [-0.1, -0.05) is 0 Å². The van der Waals surface area contributed by atoms with E-state index in [-0.39, 0.29) is 0 Å². The van der Waals surface area contributed by atoms with Crippen LogP contribution in [0.4, 0.5) is 17.5 Å². The van der Waals surface area contributed by atoms with Crippen molar-refractivity contribution in [1.29, 1.82) is 0 Å². The van der Waals surface area contributed by atoms with Gasteiger partial charge < -0.3 is 15.1 Å². The monoisotopic (exact) mass is 313 g/mol. The average molecular weight is 313 g/mol. The van der Waals surface area contributed by atoms with Gasteiger partial charge in [0.05, 0.1) is 0 Å². The predicted octanol–water partition coefficient (Wildman–Crippen LogP) is 1.72. The van der Waals surface area contributed by atoms with Crippen molar-refractivity contribution in [3.05, 3.63) is 30.5 Å². The predicted molar refractivity (Wildman–Crippen MR) is 92.0 cm³/mol. The lowest BCUT2D eigenvalue weighted by Crippen LogP contribution is -2.42. The Hall–Kier alpha value is -2.44. The minimum absolute atomic E-state index is 0.357. The van der Waals surface area contributed by atoms with Gasteiger partial charge in [0.25, 0.3) is 0 Å². The molecular formula is C16H23N7. The number of aryl methyl sites for hydroxylation is 1. The molecule has 3 heterocycles. The molecule has 7 heteroatoms. The second-order valence-electron chi connectivity index (χ2n) is 6.10. The first-order valence-corrected chi connectivity index (χ1v) is 7.91. The summed E-state index contributed by atoms with van der Waals surface area (Å²) in [5, 5.41) is 3.51. The Morgan fingerprint density at radius 2 is 1.96 bits per heavy atom. The second kappa shape index (κ2) is 6.76. The summed E-state index contributed by atoms with van der Waals surface area (Å²) in [5.74, 6) is 2.80. The summed E-state index contributed by atoms with van der Waals surface area (Å²) < 4.78 is 0. The quantitative estimate of drug-likeness (QED) is 0.921. The summed E-state index contributed by atoms with van der Waals surface area (Å²) in [6.45, 7) is 3.90. The number of nitrogens with zero attached hydrogens (tertiary/aromatic N) is 6. The molecular weight excluding hydrogens is 290 g/mol. The summed E-state index contributed by atoms with van der Waals surface area (Å²) in [5.41, 5.74) is 0.974. The third-order valence-electron chi connectivity index (χ3n) is 4.00. The van der Waals surface area contributed by atoms with E-state index in [1.165, 1.54) is 0 Å². The number of rotatable bonds is 4. The molecule has 1 atom stereocenters. The summed E-state index contributed by atoms with van der Waals surface area (Å²) in [6.07, 6.45) is 5.50. The maximum absolute atomic E-state index is 4.44. The van der Waals surface area contributed by atoms with Gasteiger partial charge in [-0.05, 0) is 19.8 Å². The topological polar surface area (TPSA) is 70.1 Å². The molecule has 3 rings (SSSR count). The maximum atomic E-state index is 4.44. The van der Waals surface area contributed by atoms with Crippen molar-refractivity contribution in [1.82, 2.24) is 19.9 Å². The number of nitrogens with one attached hydrogen (secondary N) is 1. The first kappa shape index (κ1) is 15.5. The Morgan fingerprint density at radius 1 is 1.13 bits per heavy atom. The Kier molecular flexibility index (Phi) is 4.55. The Bertz CT molecular complexity index is 658. The molecule has 0 radical (unpaired) electrons. The average Bonchev–Trinajstić information content (AvgIpc) is 2.55. The van der Waals surface area contributed by atoms with Crippen LogP contribution in [0.5, 0.6) is 0 Å². The normalized spacial score (nSPS) is 17.9. The van der Waals surface area contributed by atoms with Crippen LogP contribution < -0.4 is 15.1 Å². The van der Waals surface area contributed by atoms with Crippen molar-refractivity contribution >= 4 is 17.5 Å². The van der Waals surface area contributed by atoms with E-state index in [1.807, 2.05) is 38.1 Å². The minimum Gasteiger partial charge on any atom is -0.365 e. The molecule has 1 fully saturated rings. The first-order valence-electron chi connectivity index (χ1n) is 7.91. The summed E-state index contributed by atoms with van der Waals surface area (Å²) in [6, 6.07) is 4.38. The van der Waals surface area contributed by atoms with Crippen LogP contribution in [0.3, 0.4) is 0 Å². The van der Waals surface area contributed by atoms with E-state index in [1.54, 1.807) is 12.7 Å². The molecule has 1 saturated heterocycles. The molecule has 7 nitrogen and oxygen atoms in total. The molecule has 1 unspecified atom stereocenters. The van der Waals surface area contributed by atoms with Crippen molar-refractivity contribution < 1.29 is 0 Å². The van der Waals surface area contributed by atoms with Crippen LogP contribution >= 0.6 is 0 Å². The third kappa shape index (κ3) is 3.85. The highest BCUT2D eigenvalue weighted by atomic mass is 15.2. The number of piperidine rings is 1. The fourth-order valence-corrected chi connectivity index (χ4v) is 2.80. The van der Waals surface area contributed by atoms with Crippen molar-refractivity contribution in [2.45, 2.75) is 25.8 Å². The molecule has 0 aliphatic carbocycles. The molecule has 0 bridgehead atoms.